The number of thiocarbonyl (C=S) groups is 1. The first kappa shape index (κ1) is 15.5. The summed E-state index contributed by atoms with van der Waals surface area (Å²) in [5.74, 6) is -0.0994. The molecule has 109 valence electrons. The molecule has 1 radical (unpaired) electrons. The van der Waals surface area contributed by atoms with Crippen molar-refractivity contribution in [2.24, 2.45) is 0 Å². The minimum atomic E-state index is -0.0994. The summed E-state index contributed by atoms with van der Waals surface area (Å²) in [7, 11) is 0. The van der Waals surface area contributed by atoms with Crippen molar-refractivity contribution in [3.05, 3.63) is 53.6 Å². The van der Waals surface area contributed by atoms with E-state index in [1.807, 2.05) is 30.7 Å². The number of carbonyl (C=O) groups excluding carboxylic acids is 1. The third-order valence-electron chi connectivity index (χ3n) is 2.67. The molecule has 6 heteroatoms. The van der Waals surface area contributed by atoms with Crippen LogP contribution in [0.5, 0.6) is 0 Å². The van der Waals surface area contributed by atoms with Gasteiger partial charge < -0.3 is 16.0 Å². The molecule has 21 heavy (non-hydrogen) atoms. The van der Waals surface area contributed by atoms with Gasteiger partial charge in [0.25, 0.3) is 0 Å². The second-order valence-electron chi connectivity index (χ2n) is 4.47. The van der Waals surface area contributed by atoms with E-state index in [0.29, 0.717) is 10.1 Å². The van der Waals surface area contributed by atoms with Crippen molar-refractivity contribution in [2.45, 2.75) is 13.3 Å². The van der Waals surface area contributed by atoms with Gasteiger partial charge in [-0.15, -0.1) is 0 Å². The number of halogens is 1. The lowest BCUT2D eigenvalue weighted by Crippen LogP contribution is -2.27. The van der Waals surface area contributed by atoms with Crippen molar-refractivity contribution in [3.8, 4) is 0 Å². The predicted octanol–water partition coefficient (Wildman–Crippen LogP) is 3.55. The lowest BCUT2D eigenvalue weighted by molar-refractivity contribution is -0.114. The molecule has 0 bridgehead atoms. The summed E-state index contributed by atoms with van der Waals surface area (Å²) in [4.78, 5) is 10.9. The van der Waals surface area contributed by atoms with Crippen molar-refractivity contribution >= 4 is 46.2 Å². The number of anilines is 2. The summed E-state index contributed by atoms with van der Waals surface area (Å²) < 4.78 is 0. The second-order valence-corrected chi connectivity index (χ2v) is 5.31. The van der Waals surface area contributed by atoms with Crippen LogP contribution in [0, 0.1) is 6.42 Å². The SMILES string of the molecule is CC(=O)Nc1ccc(NC(=S)NC2=CC[CH]C(Cl)=C2)cc1. The number of amides is 1. The van der Waals surface area contributed by atoms with E-state index in [2.05, 4.69) is 16.0 Å². The Morgan fingerprint density at radius 3 is 2.33 bits per heavy atom. The Kier molecular flexibility index (Phi) is 5.36. The monoisotopic (exact) mass is 320 g/mol. The van der Waals surface area contributed by atoms with Crippen LogP contribution < -0.4 is 16.0 Å². The number of hydrogen-bond donors (Lipinski definition) is 3. The standard InChI is InChI=1S/C15H15ClN3OS/c1-10(20)17-12-5-7-13(8-6-12)18-15(21)19-14-4-2-3-11(16)9-14/h3-9H,2H2,1H3,(H,17,20)(H2,18,19,21). The molecular formula is C15H15ClN3OS. The molecule has 0 fully saturated rings. The van der Waals surface area contributed by atoms with Gasteiger partial charge in [0.1, 0.15) is 0 Å². The van der Waals surface area contributed by atoms with E-state index >= 15 is 0 Å². The first-order valence-corrected chi connectivity index (χ1v) is 7.18. The molecule has 0 aromatic heterocycles. The molecule has 0 atom stereocenters. The van der Waals surface area contributed by atoms with E-state index in [1.54, 1.807) is 12.1 Å². The highest BCUT2D eigenvalue weighted by atomic mass is 35.5. The van der Waals surface area contributed by atoms with E-state index in [-0.39, 0.29) is 5.91 Å². The van der Waals surface area contributed by atoms with Crippen molar-refractivity contribution in [3.63, 3.8) is 0 Å². The topological polar surface area (TPSA) is 53.2 Å². The smallest absolute Gasteiger partial charge is 0.221 e. The van der Waals surface area contributed by atoms with Gasteiger partial charge in [-0.2, -0.15) is 0 Å². The van der Waals surface area contributed by atoms with Crippen LogP contribution in [0.3, 0.4) is 0 Å². The van der Waals surface area contributed by atoms with Crippen molar-refractivity contribution in [1.82, 2.24) is 5.32 Å². The highest BCUT2D eigenvalue weighted by Crippen LogP contribution is 2.18. The molecule has 0 heterocycles. The lowest BCUT2D eigenvalue weighted by Gasteiger charge is -2.14. The molecular weight excluding hydrogens is 306 g/mol. The molecule has 1 aromatic carbocycles. The number of hydrogen-bond acceptors (Lipinski definition) is 2. The number of carbonyl (C=O) groups is 1. The zero-order valence-corrected chi connectivity index (χ0v) is 13.0. The van der Waals surface area contributed by atoms with Crippen LogP contribution >= 0.6 is 23.8 Å². The third-order valence-corrected chi connectivity index (χ3v) is 3.13. The minimum absolute atomic E-state index is 0.0994. The van der Waals surface area contributed by atoms with E-state index in [4.69, 9.17) is 23.8 Å². The number of rotatable bonds is 3. The predicted molar refractivity (Wildman–Crippen MR) is 91.0 cm³/mol. The molecule has 0 saturated carbocycles. The maximum atomic E-state index is 10.9. The second kappa shape index (κ2) is 7.24. The molecule has 4 nitrogen and oxygen atoms in total. The van der Waals surface area contributed by atoms with Gasteiger partial charge in [-0.25, -0.2) is 0 Å². The normalized spacial score (nSPS) is 13.8. The maximum absolute atomic E-state index is 10.9. The number of allylic oxidation sites excluding steroid dienone is 3. The molecule has 0 aliphatic heterocycles. The highest BCUT2D eigenvalue weighted by Gasteiger charge is 2.05. The third kappa shape index (κ3) is 5.21. The van der Waals surface area contributed by atoms with Crippen molar-refractivity contribution in [2.75, 3.05) is 10.6 Å². The van der Waals surface area contributed by atoms with Gasteiger partial charge in [-0.3, -0.25) is 4.79 Å². The van der Waals surface area contributed by atoms with Crippen molar-refractivity contribution in [1.29, 1.82) is 0 Å². The Bertz CT molecular complexity index is 608. The Hall–Kier alpha value is -1.85. The molecule has 3 N–H and O–H groups in total. The molecule has 0 spiro atoms. The Morgan fingerprint density at radius 2 is 1.76 bits per heavy atom. The van der Waals surface area contributed by atoms with E-state index in [1.165, 1.54) is 6.92 Å². The summed E-state index contributed by atoms with van der Waals surface area (Å²) in [5, 5.41) is 10.0. The fraction of sp³-hybridized carbons (Fsp3) is 0.133. The van der Waals surface area contributed by atoms with Gasteiger partial charge >= 0.3 is 0 Å². The van der Waals surface area contributed by atoms with Crippen LogP contribution in [0.4, 0.5) is 11.4 Å². The van der Waals surface area contributed by atoms with Crippen LogP contribution in [-0.4, -0.2) is 11.0 Å². The molecule has 1 aliphatic carbocycles. The zero-order chi connectivity index (χ0) is 15.2. The van der Waals surface area contributed by atoms with Crippen LogP contribution in [0.15, 0.2) is 47.1 Å². The fourth-order valence-electron chi connectivity index (χ4n) is 1.79. The molecule has 1 aliphatic rings. The van der Waals surface area contributed by atoms with Crippen molar-refractivity contribution < 1.29 is 4.79 Å². The average molecular weight is 321 g/mol. The molecule has 0 saturated heterocycles. The summed E-state index contributed by atoms with van der Waals surface area (Å²) >= 11 is 11.2. The van der Waals surface area contributed by atoms with Gasteiger partial charge in [0.05, 0.1) is 0 Å². The van der Waals surface area contributed by atoms with Crippen LogP contribution in [-0.2, 0) is 4.79 Å². The Morgan fingerprint density at radius 1 is 1.14 bits per heavy atom. The fourth-order valence-corrected chi connectivity index (χ4v) is 2.23. The van der Waals surface area contributed by atoms with Gasteiger partial charge in [0, 0.05) is 35.4 Å². The molecule has 2 rings (SSSR count). The highest BCUT2D eigenvalue weighted by molar-refractivity contribution is 7.80. The molecule has 0 unspecified atom stereocenters. The zero-order valence-electron chi connectivity index (χ0n) is 11.4. The average Bonchev–Trinajstić information content (AvgIpc) is 2.40. The van der Waals surface area contributed by atoms with E-state index < -0.39 is 0 Å². The van der Waals surface area contributed by atoms with Gasteiger partial charge in [0.15, 0.2) is 5.11 Å². The minimum Gasteiger partial charge on any atom is -0.333 e. The van der Waals surface area contributed by atoms with E-state index in [0.717, 1.165) is 23.5 Å². The summed E-state index contributed by atoms with van der Waals surface area (Å²) in [6.45, 7) is 1.47. The van der Waals surface area contributed by atoms with Crippen LogP contribution in [0.1, 0.15) is 13.3 Å². The molecule has 1 aromatic rings. The Balaban J connectivity index is 1.91. The Labute approximate surface area is 134 Å². The molecule has 1 amide bonds. The number of nitrogens with one attached hydrogen (secondary N) is 3. The number of benzene rings is 1. The summed E-state index contributed by atoms with van der Waals surface area (Å²) in [6, 6.07) is 7.28. The largest absolute Gasteiger partial charge is 0.333 e. The van der Waals surface area contributed by atoms with Gasteiger partial charge in [0.2, 0.25) is 5.91 Å². The van der Waals surface area contributed by atoms with Crippen LogP contribution in [0.25, 0.3) is 0 Å². The van der Waals surface area contributed by atoms with E-state index in [9.17, 15) is 4.79 Å². The van der Waals surface area contributed by atoms with Gasteiger partial charge in [-0.1, -0.05) is 17.7 Å². The van der Waals surface area contributed by atoms with Crippen LogP contribution in [0.2, 0.25) is 0 Å². The summed E-state index contributed by atoms with van der Waals surface area (Å²) in [5.41, 5.74) is 2.45. The van der Waals surface area contributed by atoms with Gasteiger partial charge in [-0.05, 0) is 49.0 Å². The lowest BCUT2D eigenvalue weighted by atomic mass is 10.1. The maximum Gasteiger partial charge on any atom is 0.221 e. The first-order valence-electron chi connectivity index (χ1n) is 6.39. The summed E-state index contributed by atoms with van der Waals surface area (Å²) in [6.07, 6.45) is 6.52. The quantitative estimate of drug-likeness (QED) is 0.746. The first-order chi connectivity index (χ1) is 10.0.